The number of piperazine rings is 1. The molecular formula is C19H23FN2O3S. The molecule has 7 heteroatoms. The molecule has 26 heavy (non-hydrogen) atoms. The fourth-order valence-electron chi connectivity index (χ4n) is 3.00. The van der Waals surface area contributed by atoms with Crippen LogP contribution in [0.2, 0.25) is 0 Å². The Labute approximate surface area is 154 Å². The summed E-state index contributed by atoms with van der Waals surface area (Å²) in [6, 6.07) is 13.0. The van der Waals surface area contributed by atoms with Crippen LogP contribution in [0, 0.1) is 5.82 Å². The van der Waals surface area contributed by atoms with Crippen molar-refractivity contribution in [3.63, 3.8) is 0 Å². The van der Waals surface area contributed by atoms with Gasteiger partial charge in [0.2, 0.25) is 10.0 Å². The number of nitrogens with zero attached hydrogens (tertiary/aromatic N) is 2. The van der Waals surface area contributed by atoms with Crippen LogP contribution < -0.4 is 4.74 Å². The van der Waals surface area contributed by atoms with Crippen LogP contribution in [0.25, 0.3) is 0 Å². The molecule has 0 spiro atoms. The second-order valence-corrected chi connectivity index (χ2v) is 8.15. The molecule has 3 rings (SSSR count). The second-order valence-electron chi connectivity index (χ2n) is 6.21. The molecule has 0 aromatic heterocycles. The first-order valence-corrected chi connectivity index (χ1v) is 10.1. The summed E-state index contributed by atoms with van der Waals surface area (Å²) in [5.74, 6) is 0.413. The van der Waals surface area contributed by atoms with Gasteiger partial charge < -0.3 is 4.74 Å². The molecule has 1 heterocycles. The van der Waals surface area contributed by atoms with E-state index in [0.717, 1.165) is 12.3 Å². The summed E-state index contributed by atoms with van der Waals surface area (Å²) in [7, 11) is -3.56. The van der Waals surface area contributed by atoms with E-state index in [1.165, 1.54) is 34.1 Å². The summed E-state index contributed by atoms with van der Waals surface area (Å²) in [4.78, 5) is 2.37. The molecule has 5 nitrogen and oxygen atoms in total. The van der Waals surface area contributed by atoms with Crippen LogP contribution >= 0.6 is 0 Å². The molecule has 0 N–H and O–H groups in total. The second kappa shape index (κ2) is 8.16. The Bertz CT molecular complexity index is 815. The Kier molecular flexibility index (Phi) is 5.90. The largest absolute Gasteiger partial charge is 0.494 e. The van der Waals surface area contributed by atoms with Gasteiger partial charge in [-0.25, -0.2) is 12.8 Å². The minimum atomic E-state index is -3.56. The summed E-state index contributed by atoms with van der Waals surface area (Å²) in [6.45, 7) is 5.54. The van der Waals surface area contributed by atoms with Crippen molar-refractivity contribution in [2.45, 2.75) is 18.4 Å². The van der Waals surface area contributed by atoms with Crippen LogP contribution in [-0.2, 0) is 16.6 Å². The van der Waals surface area contributed by atoms with E-state index in [2.05, 4.69) is 4.90 Å². The van der Waals surface area contributed by atoms with Gasteiger partial charge in [0.15, 0.2) is 0 Å². The van der Waals surface area contributed by atoms with E-state index in [-0.39, 0.29) is 4.90 Å². The van der Waals surface area contributed by atoms with Gasteiger partial charge in [0.25, 0.3) is 0 Å². The average Bonchev–Trinajstić information content (AvgIpc) is 2.64. The Morgan fingerprint density at radius 3 is 2.15 bits per heavy atom. The molecule has 0 saturated carbocycles. The molecular weight excluding hydrogens is 355 g/mol. The smallest absolute Gasteiger partial charge is 0.243 e. The Balaban J connectivity index is 1.57. The molecule has 1 aliphatic heterocycles. The summed E-state index contributed by atoms with van der Waals surface area (Å²) < 4.78 is 45.2. The van der Waals surface area contributed by atoms with E-state index in [1.54, 1.807) is 0 Å². The summed E-state index contributed by atoms with van der Waals surface area (Å²) in [5, 5.41) is 0. The molecule has 0 radical (unpaired) electrons. The number of hydrogen-bond donors (Lipinski definition) is 0. The normalized spacial score (nSPS) is 16.5. The number of rotatable bonds is 6. The van der Waals surface area contributed by atoms with E-state index in [9.17, 15) is 12.8 Å². The fourth-order valence-corrected chi connectivity index (χ4v) is 4.42. The first-order valence-electron chi connectivity index (χ1n) is 8.69. The topological polar surface area (TPSA) is 49.9 Å². The van der Waals surface area contributed by atoms with Gasteiger partial charge in [-0.05, 0) is 48.9 Å². The fraction of sp³-hybridized carbons (Fsp3) is 0.368. The first kappa shape index (κ1) is 18.8. The molecule has 1 aliphatic rings. The van der Waals surface area contributed by atoms with Crippen LogP contribution in [0.3, 0.4) is 0 Å². The highest BCUT2D eigenvalue weighted by atomic mass is 32.2. The minimum absolute atomic E-state index is 0.138. The van der Waals surface area contributed by atoms with Gasteiger partial charge in [0.05, 0.1) is 11.5 Å². The van der Waals surface area contributed by atoms with E-state index >= 15 is 0 Å². The third-order valence-electron chi connectivity index (χ3n) is 4.42. The van der Waals surface area contributed by atoms with Crippen molar-refractivity contribution in [1.82, 2.24) is 9.21 Å². The Morgan fingerprint density at radius 2 is 1.58 bits per heavy atom. The van der Waals surface area contributed by atoms with Crippen molar-refractivity contribution in [1.29, 1.82) is 0 Å². The van der Waals surface area contributed by atoms with Crippen molar-refractivity contribution >= 4 is 10.0 Å². The van der Waals surface area contributed by atoms with Crippen LogP contribution in [0.5, 0.6) is 5.75 Å². The van der Waals surface area contributed by atoms with Crippen LogP contribution in [0.1, 0.15) is 12.5 Å². The van der Waals surface area contributed by atoms with Crippen molar-refractivity contribution in [3.05, 3.63) is 59.9 Å². The third kappa shape index (κ3) is 4.41. The minimum Gasteiger partial charge on any atom is -0.494 e. The highest BCUT2D eigenvalue weighted by Crippen LogP contribution is 2.19. The summed E-state index contributed by atoms with van der Waals surface area (Å²) in [5.41, 5.74) is 1.17. The number of sulfonamides is 1. The molecule has 0 unspecified atom stereocenters. The molecule has 2 aromatic carbocycles. The third-order valence-corrected chi connectivity index (χ3v) is 6.34. The van der Waals surface area contributed by atoms with Gasteiger partial charge in [-0.3, -0.25) is 4.90 Å². The van der Waals surface area contributed by atoms with E-state index < -0.39 is 15.8 Å². The lowest BCUT2D eigenvalue weighted by atomic mass is 10.2. The highest BCUT2D eigenvalue weighted by Gasteiger charge is 2.28. The lowest BCUT2D eigenvalue weighted by Gasteiger charge is -2.34. The maximum absolute atomic E-state index is 13.0. The monoisotopic (exact) mass is 378 g/mol. The lowest BCUT2D eigenvalue weighted by molar-refractivity contribution is 0.181. The molecule has 1 fully saturated rings. The van der Waals surface area contributed by atoms with Crippen molar-refractivity contribution in [2.24, 2.45) is 0 Å². The summed E-state index contributed by atoms with van der Waals surface area (Å²) >= 11 is 0. The molecule has 0 amide bonds. The van der Waals surface area contributed by atoms with E-state index in [4.69, 9.17) is 4.74 Å². The number of hydrogen-bond acceptors (Lipinski definition) is 4. The standard InChI is InChI=1S/C19H23FN2O3S/c1-2-25-18-7-3-16(4-8-18)15-21-11-13-22(14-12-21)26(23,24)19-9-5-17(20)6-10-19/h3-10H,2,11-15H2,1H3. The van der Waals surface area contributed by atoms with Gasteiger partial charge in [-0.2, -0.15) is 4.31 Å². The van der Waals surface area contributed by atoms with Crippen molar-refractivity contribution in [2.75, 3.05) is 32.8 Å². The average molecular weight is 378 g/mol. The van der Waals surface area contributed by atoms with E-state index in [1.807, 2.05) is 31.2 Å². The van der Waals surface area contributed by atoms with Crippen molar-refractivity contribution < 1.29 is 17.5 Å². The maximum atomic E-state index is 13.0. The number of ether oxygens (including phenoxy) is 1. The van der Waals surface area contributed by atoms with Crippen LogP contribution in [0.4, 0.5) is 4.39 Å². The zero-order chi connectivity index (χ0) is 18.6. The van der Waals surface area contributed by atoms with Crippen molar-refractivity contribution in [3.8, 4) is 5.75 Å². The number of benzene rings is 2. The van der Waals surface area contributed by atoms with Gasteiger partial charge in [-0.1, -0.05) is 12.1 Å². The molecule has 0 bridgehead atoms. The van der Waals surface area contributed by atoms with Crippen LogP contribution in [-0.4, -0.2) is 50.4 Å². The predicted molar refractivity (Wildman–Crippen MR) is 98.0 cm³/mol. The predicted octanol–water partition coefficient (Wildman–Crippen LogP) is 2.73. The zero-order valence-corrected chi connectivity index (χ0v) is 15.6. The lowest BCUT2D eigenvalue weighted by Crippen LogP contribution is -2.48. The van der Waals surface area contributed by atoms with Gasteiger partial charge >= 0.3 is 0 Å². The quantitative estimate of drug-likeness (QED) is 0.776. The van der Waals surface area contributed by atoms with Gasteiger partial charge in [-0.15, -0.1) is 0 Å². The molecule has 140 valence electrons. The Morgan fingerprint density at radius 1 is 0.962 bits per heavy atom. The molecule has 2 aromatic rings. The van der Waals surface area contributed by atoms with Gasteiger partial charge in [0.1, 0.15) is 11.6 Å². The molecule has 1 saturated heterocycles. The summed E-state index contributed by atoms with van der Waals surface area (Å²) in [6.07, 6.45) is 0. The molecule has 0 aliphatic carbocycles. The zero-order valence-electron chi connectivity index (χ0n) is 14.8. The van der Waals surface area contributed by atoms with Crippen LogP contribution in [0.15, 0.2) is 53.4 Å². The molecule has 0 atom stereocenters. The maximum Gasteiger partial charge on any atom is 0.243 e. The number of halogens is 1. The van der Waals surface area contributed by atoms with E-state index in [0.29, 0.717) is 32.8 Å². The SMILES string of the molecule is CCOc1ccc(CN2CCN(S(=O)(=O)c3ccc(F)cc3)CC2)cc1. The first-order chi connectivity index (χ1) is 12.5. The Hall–Kier alpha value is -1.96. The highest BCUT2D eigenvalue weighted by molar-refractivity contribution is 7.89. The van der Waals surface area contributed by atoms with Gasteiger partial charge in [0, 0.05) is 32.7 Å².